The summed E-state index contributed by atoms with van der Waals surface area (Å²) in [6.07, 6.45) is 3.32. The van der Waals surface area contributed by atoms with Crippen molar-refractivity contribution in [1.82, 2.24) is 4.90 Å². The van der Waals surface area contributed by atoms with Crippen molar-refractivity contribution in [3.05, 3.63) is 36.5 Å². The quantitative estimate of drug-likeness (QED) is 0.604. The topological polar surface area (TPSA) is 20.3 Å². The van der Waals surface area contributed by atoms with Crippen molar-refractivity contribution < 1.29 is 4.79 Å². The first-order valence-electron chi connectivity index (χ1n) is 3.89. The average Bonchev–Trinajstić information content (AvgIpc) is 2.29. The van der Waals surface area contributed by atoms with Crippen molar-refractivity contribution in [3.8, 4) is 0 Å². The molecule has 1 aliphatic heterocycles. The van der Waals surface area contributed by atoms with Crippen molar-refractivity contribution in [2.75, 3.05) is 7.05 Å². The van der Waals surface area contributed by atoms with Gasteiger partial charge in [-0.2, -0.15) is 0 Å². The average molecular weight is 163 g/mol. The number of amides is 1. The molecule has 0 aliphatic carbocycles. The molecule has 0 fully saturated rings. The minimum absolute atomic E-state index is 0.0346. The highest BCUT2D eigenvalue weighted by Crippen LogP contribution is 2.25. The van der Waals surface area contributed by atoms with E-state index in [9.17, 15) is 4.79 Å². The Morgan fingerprint density at radius 3 is 2.33 bits per heavy atom. The van der Waals surface area contributed by atoms with Gasteiger partial charge in [0.2, 0.25) is 0 Å². The lowest BCUT2D eigenvalue weighted by Crippen LogP contribution is -2.28. The third kappa shape index (κ3) is 0.998. The van der Waals surface area contributed by atoms with E-state index in [1.54, 1.807) is 24.1 Å². The zero-order valence-electron chi connectivity index (χ0n) is 7.50. The molecule has 0 aromatic carbocycles. The summed E-state index contributed by atoms with van der Waals surface area (Å²) in [5.74, 6) is 0.0346. The van der Waals surface area contributed by atoms with Crippen molar-refractivity contribution in [3.63, 3.8) is 0 Å². The summed E-state index contributed by atoms with van der Waals surface area (Å²) >= 11 is 0. The summed E-state index contributed by atoms with van der Waals surface area (Å²) < 4.78 is 0. The monoisotopic (exact) mass is 163 g/mol. The summed E-state index contributed by atoms with van der Waals surface area (Å²) in [6.45, 7) is 9.26. The van der Waals surface area contributed by atoms with Crippen molar-refractivity contribution in [2.45, 2.75) is 13.0 Å². The van der Waals surface area contributed by atoms with Gasteiger partial charge in [-0.1, -0.05) is 25.3 Å². The first-order valence-corrected chi connectivity index (χ1v) is 3.89. The highest BCUT2D eigenvalue weighted by atomic mass is 16.2. The molecule has 1 rings (SSSR count). The molecule has 2 heteroatoms. The van der Waals surface area contributed by atoms with Gasteiger partial charge in [-0.15, -0.1) is 0 Å². The van der Waals surface area contributed by atoms with Crippen LogP contribution in [0.25, 0.3) is 0 Å². The summed E-state index contributed by atoms with van der Waals surface area (Å²) in [5.41, 5.74) is 1.65. The molecule has 2 nitrogen and oxygen atoms in total. The summed E-state index contributed by atoms with van der Waals surface area (Å²) in [4.78, 5) is 13.2. The maximum Gasteiger partial charge on any atom is 0.254 e. The molecule has 0 saturated heterocycles. The number of hydrogen-bond donors (Lipinski definition) is 0. The van der Waals surface area contributed by atoms with E-state index < -0.39 is 0 Å². The van der Waals surface area contributed by atoms with E-state index in [0.717, 1.165) is 5.57 Å². The molecule has 1 heterocycles. The normalized spacial score (nSPS) is 23.3. The number of carbonyl (C=O) groups is 1. The van der Waals surface area contributed by atoms with E-state index in [4.69, 9.17) is 0 Å². The van der Waals surface area contributed by atoms with Gasteiger partial charge in [0, 0.05) is 12.6 Å². The summed E-state index contributed by atoms with van der Waals surface area (Å²) in [6, 6.07) is 0.128. The SMILES string of the molecule is C=CC1=C(C=C)C(C)N(C)C1=O. The third-order valence-corrected chi connectivity index (χ3v) is 2.32. The van der Waals surface area contributed by atoms with Gasteiger partial charge < -0.3 is 4.90 Å². The predicted molar refractivity (Wildman–Crippen MR) is 49.7 cm³/mol. The van der Waals surface area contributed by atoms with Gasteiger partial charge in [-0.25, -0.2) is 0 Å². The molecule has 0 aromatic rings. The maximum absolute atomic E-state index is 11.5. The molecule has 0 spiro atoms. The van der Waals surface area contributed by atoms with Gasteiger partial charge in [0.25, 0.3) is 5.91 Å². The molecule has 1 unspecified atom stereocenters. The van der Waals surface area contributed by atoms with Crippen LogP contribution < -0.4 is 0 Å². The highest BCUT2D eigenvalue weighted by Gasteiger charge is 2.30. The molecular weight excluding hydrogens is 150 g/mol. The minimum atomic E-state index is 0.0346. The Hall–Kier alpha value is -1.31. The Kier molecular flexibility index (Phi) is 2.18. The van der Waals surface area contributed by atoms with Crippen LogP contribution in [0, 0.1) is 0 Å². The fourth-order valence-electron chi connectivity index (χ4n) is 1.41. The molecule has 0 saturated carbocycles. The number of nitrogens with zero attached hydrogens (tertiary/aromatic N) is 1. The first kappa shape index (κ1) is 8.78. The Morgan fingerprint density at radius 2 is 2.00 bits per heavy atom. The van der Waals surface area contributed by atoms with Crippen LogP contribution >= 0.6 is 0 Å². The molecular formula is C10H13NO. The van der Waals surface area contributed by atoms with E-state index in [1.165, 1.54) is 0 Å². The highest BCUT2D eigenvalue weighted by molar-refractivity contribution is 6.00. The Labute approximate surface area is 72.9 Å². The Bertz CT molecular complexity index is 276. The largest absolute Gasteiger partial charge is 0.335 e. The molecule has 1 aliphatic rings. The predicted octanol–water partition coefficient (Wildman–Crippen LogP) is 1.52. The van der Waals surface area contributed by atoms with Gasteiger partial charge in [0.05, 0.1) is 6.04 Å². The molecule has 1 amide bonds. The second kappa shape index (κ2) is 2.97. The van der Waals surface area contributed by atoms with Crippen LogP contribution in [0.5, 0.6) is 0 Å². The van der Waals surface area contributed by atoms with Gasteiger partial charge in [-0.3, -0.25) is 4.79 Å². The smallest absolute Gasteiger partial charge is 0.254 e. The minimum Gasteiger partial charge on any atom is -0.335 e. The van der Waals surface area contributed by atoms with Crippen molar-refractivity contribution in [1.29, 1.82) is 0 Å². The Balaban J connectivity index is 3.17. The maximum atomic E-state index is 11.5. The second-order valence-electron chi connectivity index (χ2n) is 2.87. The van der Waals surface area contributed by atoms with Crippen LogP contribution in [-0.4, -0.2) is 23.9 Å². The van der Waals surface area contributed by atoms with Gasteiger partial charge >= 0.3 is 0 Å². The molecule has 0 radical (unpaired) electrons. The number of carbonyl (C=O) groups excluding carboxylic acids is 1. The number of likely N-dealkylation sites (N-methyl/N-ethyl adjacent to an activating group) is 1. The molecule has 64 valence electrons. The lowest BCUT2D eigenvalue weighted by molar-refractivity contribution is -0.125. The van der Waals surface area contributed by atoms with Crippen molar-refractivity contribution in [2.24, 2.45) is 0 Å². The third-order valence-electron chi connectivity index (χ3n) is 2.32. The van der Waals surface area contributed by atoms with E-state index in [0.29, 0.717) is 5.57 Å². The number of hydrogen-bond acceptors (Lipinski definition) is 1. The lowest BCUT2D eigenvalue weighted by atomic mass is 10.1. The van der Waals surface area contributed by atoms with Crippen LogP contribution in [0.2, 0.25) is 0 Å². The van der Waals surface area contributed by atoms with E-state index in [2.05, 4.69) is 13.2 Å². The van der Waals surface area contributed by atoms with E-state index in [-0.39, 0.29) is 11.9 Å². The van der Waals surface area contributed by atoms with Crippen LogP contribution in [0.3, 0.4) is 0 Å². The summed E-state index contributed by atoms with van der Waals surface area (Å²) in [7, 11) is 1.78. The molecule has 12 heavy (non-hydrogen) atoms. The van der Waals surface area contributed by atoms with E-state index >= 15 is 0 Å². The number of rotatable bonds is 2. The zero-order chi connectivity index (χ0) is 9.30. The fourth-order valence-corrected chi connectivity index (χ4v) is 1.41. The molecule has 0 N–H and O–H groups in total. The fraction of sp³-hybridized carbons (Fsp3) is 0.300. The standard InChI is InChI=1S/C10H13NO/c1-5-8-7(3)11(4)10(12)9(8)6-2/h5-7H,1-2H2,3-4H3. The van der Waals surface area contributed by atoms with Crippen LogP contribution in [-0.2, 0) is 4.79 Å². The van der Waals surface area contributed by atoms with Gasteiger partial charge in [0.1, 0.15) is 0 Å². The summed E-state index contributed by atoms with van der Waals surface area (Å²) in [5, 5.41) is 0. The lowest BCUT2D eigenvalue weighted by Gasteiger charge is -2.16. The molecule has 1 atom stereocenters. The zero-order valence-corrected chi connectivity index (χ0v) is 7.50. The van der Waals surface area contributed by atoms with Gasteiger partial charge in [-0.05, 0) is 12.5 Å². The van der Waals surface area contributed by atoms with Crippen LogP contribution in [0.4, 0.5) is 0 Å². The van der Waals surface area contributed by atoms with Gasteiger partial charge in [0.15, 0.2) is 0 Å². The Morgan fingerprint density at radius 1 is 1.42 bits per heavy atom. The van der Waals surface area contributed by atoms with E-state index in [1.807, 2.05) is 6.92 Å². The molecule has 0 aromatic heterocycles. The van der Waals surface area contributed by atoms with Crippen molar-refractivity contribution >= 4 is 5.91 Å². The second-order valence-corrected chi connectivity index (χ2v) is 2.87. The molecule has 0 bridgehead atoms. The first-order chi connectivity index (χ1) is 5.63. The van der Waals surface area contributed by atoms with Crippen LogP contribution in [0.1, 0.15) is 6.92 Å². The van der Waals surface area contributed by atoms with Crippen LogP contribution in [0.15, 0.2) is 36.5 Å².